The lowest BCUT2D eigenvalue weighted by Crippen LogP contribution is -2.45. The van der Waals surface area contributed by atoms with Gasteiger partial charge in [-0.25, -0.2) is 26.4 Å². The minimum absolute atomic E-state index is 0.0440. The predicted octanol–water partition coefficient (Wildman–Crippen LogP) is 2.00. The minimum Gasteiger partial charge on any atom is -0.325 e. The molecule has 3 aromatic rings. The van der Waals surface area contributed by atoms with Crippen LogP contribution in [0.5, 0.6) is 0 Å². The summed E-state index contributed by atoms with van der Waals surface area (Å²) in [5.74, 6) is -1.26. The van der Waals surface area contributed by atoms with E-state index in [1.54, 1.807) is 30.3 Å². The Morgan fingerprint density at radius 2 is 1.41 bits per heavy atom. The highest BCUT2D eigenvalue weighted by molar-refractivity contribution is 7.89. The van der Waals surface area contributed by atoms with E-state index in [0.717, 1.165) is 24.3 Å². The number of amides is 1. The molecule has 11 heteroatoms. The molecule has 0 aliphatic rings. The van der Waals surface area contributed by atoms with Gasteiger partial charge in [0.05, 0.1) is 9.79 Å². The number of hydrogen-bond donors (Lipinski definition) is 3. The maximum atomic E-state index is 13.2. The second kappa shape index (κ2) is 9.57. The number of halogens is 1. The zero-order valence-corrected chi connectivity index (χ0v) is 18.2. The smallest absolute Gasteiger partial charge is 0.242 e. The summed E-state index contributed by atoms with van der Waals surface area (Å²) in [4.78, 5) is 12.6. The average Bonchev–Trinajstić information content (AvgIpc) is 2.74. The first-order valence-electron chi connectivity index (χ1n) is 9.30. The van der Waals surface area contributed by atoms with Crippen molar-refractivity contribution in [1.29, 1.82) is 0 Å². The van der Waals surface area contributed by atoms with E-state index in [-0.39, 0.29) is 21.9 Å². The third-order valence-electron chi connectivity index (χ3n) is 4.47. The van der Waals surface area contributed by atoms with Gasteiger partial charge in [-0.2, -0.15) is 4.72 Å². The van der Waals surface area contributed by atoms with Gasteiger partial charge in [0.2, 0.25) is 26.0 Å². The number of primary sulfonamides is 1. The van der Waals surface area contributed by atoms with Crippen LogP contribution in [0.1, 0.15) is 5.56 Å². The Balaban J connectivity index is 1.85. The van der Waals surface area contributed by atoms with Crippen molar-refractivity contribution >= 4 is 31.6 Å². The summed E-state index contributed by atoms with van der Waals surface area (Å²) in [7, 11) is -8.03. The van der Waals surface area contributed by atoms with E-state index >= 15 is 0 Å². The van der Waals surface area contributed by atoms with Gasteiger partial charge in [0.25, 0.3) is 0 Å². The quantitative estimate of drug-likeness (QED) is 0.456. The summed E-state index contributed by atoms with van der Waals surface area (Å²) in [6.07, 6.45) is 0.0440. The molecule has 0 saturated heterocycles. The van der Waals surface area contributed by atoms with E-state index in [9.17, 15) is 26.0 Å². The monoisotopic (exact) mass is 477 g/mol. The van der Waals surface area contributed by atoms with Gasteiger partial charge < -0.3 is 5.32 Å². The zero-order valence-electron chi connectivity index (χ0n) is 16.6. The highest BCUT2D eigenvalue weighted by Crippen LogP contribution is 2.16. The molecule has 0 unspecified atom stereocenters. The number of nitrogens with two attached hydrogens (primary N) is 1. The molecule has 0 aromatic heterocycles. The second-order valence-electron chi connectivity index (χ2n) is 6.88. The average molecular weight is 478 g/mol. The lowest BCUT2D eigenvalue weighted by atomic mass is 10.1. The number of rotatable bonds is 8. The van der Waals surface area contributed by atoms with Crippen molar-refractivity contribution in [2.45, 2.75) is 22.3 Å². The molecule has 168 valence electrons. The SMILES string of the molecule is NS(=O)(=O)c1ccc(NC(=O)[C@H](Cc2ccccc2)NS(=O)(=O)c2ccc(F)cc2)cc1. The van der Waals surface area contributed by atoms with E-state index in [0.29, 0.717) is 5.56 Å². The van der Waals surface area contributed by atoms with Crippen molar-refractivity contribution in [2.75, 3.05) is 5.32 Å². The molecule has 0 saturated carbocycles. The normalized spacial score (nSPS) is 12.8. The van der Waals surface area contributed by atoms with Crippen molar-refractivity contribution in [3.05, 3.63) is 90.2 Å². The summed E-state index contributed by atoms with van der Waals surface area (Å²) in [5.41, 5.74) is 0.959. The van der Waals surface area contributed by atoms with Gasteiger partial charge in [0.15, 0.2) is 0 Å². The first kappa shape index (κ1) is 23.5. The molecule has 1 amide bonds. The fourth-order valence-corrected chi connectivity index (χ4v) is 4.57. The summed E-state index contributed by atoms with van der Waals surface area (Å²) >= 11 is 0. The molecule has 0 fully saturated rings. The van der Waals surface area contributed by atoms with Gasteiger partial charge in [0, 0.05) is 5.69 Å². The number of benzene rings is 3. The van der Waals surface area contributed by atoms with E-state index < -0.39 is 37.8 Å². The van der Waals surface area contributed by atoms with Crippen LogP contribution in [0.3, 0.4) is 0 Å². The standard InChI is InChI=1S/C21H20FN3O5S2/c22-16-6-10-19(11-7-16)32(29,30)25-20(14-15-4-2-1-3-5-15)21(26)24-17-8-12-18(13-9-17)31(23,27)28/h1-13,20,25H,14H2,(H,24,26)(H2,23,27,28)/t20-/m0/s1. The van der Waals surface area contributed by atoms with E-state index in [1.165, 1.54) is 24.3 Å². The summed E-state index contributed by atoms with van der Waals surface area (Å²) in [5, 5.41) is 7.62. The number of sulfonamides is 2. The van der Waals surface area contributed by atoms with Crippen LogP contribution in [0, 0.1) is 5.82 Å². The lowest BCUT2D eigenvalue weighted by Gasteiger charge is -2.19. The molecule has 0 bridgehead atoms. The Labute approximate surface area is 185 Å². The maximum Gasteiger partial charge on any atom is 0.242 e. The summed E-state index contributed by atoms with van der Waals surface area (Å²) in [6.45, 7) is 0. The Morgan fingerprint density at radius 1 is 0.844 bits per heavy atom. The molecule has 0 aliphatic carbocycles. The van der Waals surface area contributed by atoms with Crippen LogP contribution in [0.15, 0.2) is 88.7 Å². The topological polar surface area (TPSA) is 135 Å². The van der Waals surface area contributed by atoms with E-state index in [1.807, 2.05) is 0 Å². The molecule has 32 heavy (non-hydrogen) atoms. The van der Waals surface area contributed by atoms with Crippen LogP contribution >= 0.6 is 0 Å². The van der Waals surface area contributed by atoms with Gasteiger partial charge >= 0.3 is 0 Å². The third-order valence-corrected chi connectivity index (χ3v) is 6.89. The maximum absolute atomic E-state index is 13.2. The highest BCUT2D eigenvalue weighted by Gasteiger charge is 2.26. The van der Waals surface area contributed by atoms with Crippen molar-refractivity contribution in [3.8, 4) is 0 Å². The molecular formula is C21H20FN3O5S2. The number of carbonyl (C=O) groups excluding carboxylic acids is 1. The minimum atomic E-state index is -4.13. The molecule has 0 radical (unpaired) electrons. The van der Waals surface area contributed by atoms with E-state index in [4.69, 9.17) is 5.14 Å². The zero-order chi connectivity index (χ0) is 23.4. The fourth-order valence-electron chi connectivity index (χ4n) is 2.86. The Hall–Kier alpha value is -3.12. The van der Waals surface area contributed by atoms with Gasteiger partial charge in [0.1, 0.15) is 11.9 Å². The van der Waals surface area contributed by atoms with Gasteiger partial charge in [-0.15, -0.1) is 0 Å². The Bertz CT molecular complexity index is 1300. The van der Waals surface area contributed by atoms with Gasteiger partial charge in [-0.3, -0.25) is 4.79 Å². The van der Waals surface area contributed by atoms with Crippen LogP contribution < -0.4 is 15.2 Å². The van der Waals surface area contributed by atoms with E-state index in [2.05, 4.69) is 10.0 Å². The summed E-state index contributed by atoms with van der Waals surface area (Å²) < 4.78 is 63.8. The van der Waals surface area contributed by atoms with Crippen LogP contribution in [0.25, 0.3) is 0 Å². The molecule has 0 aliphatic heterocycles. The molecule has 0 spiro atoms. The lowest BCUT2D eigenvalue weighted by molar-refractivity contribution is -0.117. The van der Waals surface area contributed by atoms with Crippen LogP contribution in [-0.2, 0) is 31.3 Å². The first-order chi connectivity index (χ1) is 15.0. The van der Waals surface area contributed by atoms with Crippen molar-refractivity contribution in [2.24, 2.45) is 5.14 Å². The molecule has 8 nitrogen and oxygen atoms in total. The van der Waals surface area contributed by atoms with Crippen LogP contribution in [0.2, 0.25) is 0 Å². The fraction of sp³-hybridized carbons (Fsp3) is 0.0952. The van der Waals surface area contributed by atoms with Crippen molar-refractivity contribution in [3.63, 3.8) is 0 Å². The molecule has 4 N–H and O–H groups in total. The number of carbonyl (C=O) groups is 1. The molecule has 1 atom stereocenters. The largest absolute Gasteiger partial charge is 0.325 e. The summed E-state index contributed by atoms with van der Waals surface area (Å²) in [6, 6.07) is 16.9. The molecular weight excluding hydrogens is 457 g/mol. The highest BCUT2D eigenvalue weighted by atomic mass is 32.2. The van der Waals surface area contributed by atoms with Gasteiger partial charge in [-0.05, 0) is 60.5 Å². The number of nitrogens with one attached hydrogen (secondary N) is 2. The van der Waals surface area contributed by atoms with Crippen molar-refractivity contribution < 1.29 is 26.0 Å². The Morgan fingerprint density at radius 3 is 1.97 bits per heavy atom. The van der Waals surface area contributed by atoms with Crippen LogP contribution in [0.4, 0.5) is 10.1 Å². The Kier molecular flexibility index (Phi) is 7.04. The van der Waals surface area contributed by atoms with Crippen molar-refractivity contribution in [1.82, 2.24) is 4.72 Å². The first-order valence-corrected chi connectivity index (χ1v) is 12.3. The number of anilines is 1. The molecule has 0 heterocycles. The molecule has 3 rings (SSSR count). The second-order valence-corrected chi connectivity index (χ2v) is 10.2. The third kappa shape index (κ3) is 6.20. The number of hydrogen-bond acceptors (Lipinski definition) is 5. The van der Waals surface area contributed by atoms with Gasteiger partial charge in [-0.1, -0.05) is 30.3 Å². The molecule has 3 aromatic carbocycles. The predicted molar refractivity (Wildman–Crippen MR) is 117 cm³/mol. The van der Waals surface area contributed by atoms with Crippen LogP contribution in [-0.4, -0.2) is 28.8 Å².